The molecule has 0 atom stereocenters. The number of pyridine rings is 2. The van der Waals surface area contributed by atoms with Gasteiger partial charge in [0.2, 0.25) is 0 Å². The third-order valence-corrected chi connectivity index (χ3v) is 6.80. The van der Waals surface area contributed by atoms with Crippen molar-refractivity contribution in [2.24, 2.45) is 0 Å². The zero-order chi connectivity index (χ0) is 23.4. The number of nitrogens with zero attached hydrogens (tertiary/aromatic N) is 3. The van der Waals surface area contributed by atoms with Gasteiger partial charge in [-0.25, -0.2) is 16.8 Å². The summed E-state index contributed by atoms with van der Waals surface area (Å²) in [6.45, 7) is 2.55. The van der Waals surface area contributed by atoms with Crippen LogP contribution in [-0.2, 0) is 23.2 Å². The zero-order valence-electron chi connectivity index (χ0n) is 18.2. The molecule has 0 saturated carbocycles. The van der Waals surface area contributed by atoms with Crippen LogP contribution in [0.2, 0.25) is 0 Å². The molecule has 0 aliphatic rings. The average Bonchev–Trinajstić information content (AvgIpc) is 3.24. The smallest absolute Gasteiger partial charge is 0.269 e. The van der Waals surface area contributed by atoms with E-state index in [0.29, 0.717) is 17.9 Å². The van der Waals surface area contributed by atoms with Crippen molar-refractivity contribution in [1.82, 2.24) is 19.3 Å². The number of aryl methyl sites for hydroxylation is 1. The Morgan fingerprint density at radius 3 is 2.64 bits per heavy atom. The quantitative estimate of drug-likeness (QED) is 0.424. The number of ether oxygens (including phenoxy) is 1. The molecule has 4 aromatic rings. The van der Waals surface area contributed by atoms with Gasteiger partial charge < -0.3 is 10.1 Å². The lowest BCUT2D eigenvalue weighted by Crippen LogP contribution is -2.14. The lowest BCUT2D eigenvalue weighted by atomic mass is 10.1. The Balaban J connectivity index is 1.69. The second kappa shape index (κ2) is 9.51. The van der Waals surface area contributed by atoms with Crippen molar-refractivity contribution in [1.29, 1.82) is 0 Å². The second-order valence-corrected chi connectivity index (χ2v) is 9.25. The highest BCUT2D eigenvalue weighted by atomic mass is 32.2. The number of hydrogen-bond acceptors (Lipinski definition) is 6. The van der Waals surface area contributed by atoms with Gasteiger partial charge in [0.25, 0.3) is 10.0 Å². The molecule has 0 aliphatic carbocycles. The van der Waals surface area contributed by atoms with Crippen LogP contribution >= 0.6 is 0 Å². The van der Waals surface area contributed by atoms with Gasteiger partial charge in [-0.05, 0) is 55.9 Å². The summed E-state index contributed by atoms with van der Waals surface area (Å²) in [5.74, 6) is -0.254. The molecule has 3 aromatic heterocycles. The largest absolute Gasteiger partial charge is 0.489 e. The highest BCUT2D eigenvalue weighted by molar-refractivity contribution is 7.90. The van der Waals surface area contributed by atoms with Gasteiger partial charge in [0.05, 0.1) is 5.69 Å². The molecule has 170 valence electrons. The van der Waals surface area contributed by atoms with Gasteiger partial charge >= 0.3 is 0 Å². The Hall–Kier alpha value is -3.56. The fourth-order valence-corrected chi connectivity index (χ4v) is 4.79. The van der Waals surface area contributed by atoms with E-state index in [1.54, 1.807) is 31.4 Å². The second-order valence-electron chi connectivity index (χ2n) is 7.43. The summed E-state index contributed by atoms with van der Waals surface area (Å²) < 4.78 is 48.5. The maximum absolute atomic E-state index is 15.2. The summed E-state index contributed by atoms with van der Waals surface area (Å²) in [5, 5.41) is 2.99. The van der Waals surface area contributed by atoms with Gasteiger partial charge in [0.15, 0.2) is 0 Å². The van der Waals surface area contributed by atoms with Crippen molar-refractivity contribution in [3.63, 3.8) is 0 Å². The summed E-state index contributed by atoms with van der Waals surface area (Å²) in [7, 11) is -2.22. The van der Waals surface area contributed by atoms with E-state index in [-0.39, 0.29) is 22.8 Å². The van der Waals surface area contributed by atoms with Crippen LogP contribution in [0.25, 0.3) is 11.3 Å². The van der Waals surface area contributed by atoms with Crippen LogP contribution in [0.4, 0.5) is 4.39 Å². The fourth-order valence-electron chi connectivity index (χ4n) is 3.43. The molecule has 0 fully saturated rings. The van der Waals surface area contributed by atoms with Crippen molar-refractivity contribution in [3.05, 3.63) is 96.0 Å². The van der Waals surface area contributed by atoms with Crippen LogP contribution in [0.3, 0.4) is 0 Å². The van der Waals surface area contributed by atoms with E-state index in [1.807, 2.05) is 19.1 Å². The van der Waals surface area contributed by atoms with Crippen molar-refractivity contribution < 1.29 is 17.5 Å². The molecule has 0 bridgehead atoms. The van der Waals surface area contributed by atoms with Crippen LogP contribution in [0.5, 0.6) is 5.75 Å². The molecule has 0 radical (unpaired) electrons. The monoisotopic (exact) mass is 466 g/mol. The third kappa shape index (κ3) is 4.79. The highest BCUT2D eigenvalue weighted by Gasteiger charge is 2.23. The van der Waals surface area contributed by atoms with Crippen molar-refractivity contribution in [2.45, 2.75) is 25.0 Å². The van der Waals surface area contributed by atoms with Crippen LogP contribution in [0.15, 0.2) is 78.2 Å². The Morgan fingerprint density at radius 2 is 1.94 bits per heavy atom. The fraction of sp³-hybridized carbons (Fsp3) is 0.167. The van der Waals surface area contributed by atoms with Crippen LogP contribution in [0.1, 0.15) is 16.8 Å². The minimum absolute atomic E-state index is 0.0186. The number of halogens is 1. The molecule has 0 amide bonds. The topological polar surface area (TPSA) is 86.1 Å². The summed E-state index contributed by atoms with van der Waals surface area (Å²) in [5.41, 5.74) is 2.80. The van der Waals surface area contributed by atoms with Gasteiger partial charge in [0.1, 0.15) is 23.1 Å². The first-order valence-corrected chi connectivity index (χ1v) is 11.7. The standard InChI is InChI=1S/C24H23FN4O3S/c1-17-19(5-3-10-28-17)16-32-20-7-8-22(23(25)12-20)24-11-18(13-26-2)15-29(24)33(30,31)21-6-4-9-27-14-21/h3-12,14-15,26H,13,16H2,1-2H3. The number of aromatic nitrogens is 3. The van der Waals surface area contributed by atoms with E-state index < -0.39 is 15.8 Å². The van der Waals surface area contributed by atoms with Gasteiger partial charge in [0, 0.05) is 54.2 Å². The van der Waals surface area contributed by atoms with Gasteiger partial charge in [-0.15, -0.1) is 0 Å². The SMILES string of the molecule is CNCc1cc(-c2ccc(OCc3cccnc3C)cc2F)n(S(=O)(=O)c2cccnc2)c1. The average molecular weight is 467 g/mol. The predicted molar refractivity (Wildman–Crippen MR) is 123 cm³/mol. The lowest BCUT2D eigenvalue weighted by Gasteiger charge is -2.12. The van der Waals surface area contributed by atoms with Crippen LogP contribution < -0.4 is 10.1 Å². The molecular weight excluding hydrogens is 443 g/mol. The molecule has 0 aliphatic heterocycles. The van der Waals surface area contributed by atoms with Crippen LogP contribution in [-0.4, -0.2) is 29.4 Å². The maximum atomic E-state index is 15.2. The van der Waals surface area contributed by atoms with E-state index in [0.717, 1.165) is 15.2 Å². The molecule has 33 heavy (non-hydrogen) atoms. The maximum Gasteiger partial charge on any atom is 0.269 e. The van der Waals surface area contributed by atoms with Crippen LogP contribution in [0, 0.1) is 12.7 Å². The highest BCUT2D eigenvalue weighted by Crippen LogP contribution is 2.31. The van der Waals surface area contributed by atoms with E-state index in [1.165, 1.54) is 36.8 Å². The first-order chi connectivity index (χ1) is 15.9. The zero-order valence-corrected chi connectivity index (χ0v) is 19.0. The Kier molecular flexibility index (Phi) is 6.52. The molecule has 1 N–H and O–H groups in total. The molecule has 0 unspecified atom stereocenters. The van der Waals surface area contributed by atoms with Crippen molar-refractivity contribution in [3.8, 4) is 17.0 Å². The first kappa shape index (κ1) is 22.6. The summed E-state index contributed by atoms with van der Waals surface area (Å²) in [6, 6.07) is 12.8. The summed E-state index contributed by atoms with van der Waals surface area (Å²) in [6.07, 6.45) is 5.95. The molecule has 3 heterocycles. The molecule has 1 aromatic carbocycles. The third-order valence-electron chi connectivity index (χ3n) is 5.14. The number of nitrogens with one attached hydrogen (secondary N) is 1. The van der Waals surface area contributed by atoms with E-state index in [2.05, 4.69) is 15.3 Å². The van der Waals surface area contributed by atoms with Crippen molar-refractivity contribution >= 4 is 10.0 Å². The van der Waals surface area contributed by atoms with E-state index in [9.17, 15) is 8.42 Å². The minimum atomic E-state index is -3.97. The molecule has 0 saturated heterocycles. The molecule has 4 rings (SSSR count). The predicted octanol–water partition coefficient (Wildman–Crippen LogP) is 3.93. The van der Waals surface area contributed by atoms with Gasteiger partial charge in [-0.3, -0.25) is 9.97 Å². The Bertz CT molecular complexity index is 1370. The van der Waals surface area contributed by atoms with Gasteiger partial charge in [-0.1, -0.05) is 6.07 Å². The van der Waals surface area contributed by atoms with E-state index in [4.69, 9.17) is 4.74 Å². The van der Waals surface area contributed by atoms with Gasteiger partial charge in [-0.2, -0.15) is 0 Å². The van der Waals surface area contributed by atoms with Crippen molar-refractivity contribution in [2.75, 3.05) is 7.05 Å². The van der Waals surface area contributed by atoms with E-state index >= 15 is 4.39 Å². The number of benzene rings is 1. The molecule has 9 heteroatoms. The molecule has 0 spiro atoms. The minimum Gasteiger partial charge on any atom is -0.489 e. The lowest BCUT2D eigenvalue weighted by molar-refractivity contribution is 0.303. The number of rotatable bonds is 8. The summed E-state index contributed by atoms with van der Waals surface area (Å²) in [4.78, 5) is 8.14. The number of hydrogen-bond donors (Lipinski definition) is 1. The molecule has 7 nitrogen and oxygen atoms in total. The normalized spacial score (nSPS) is 11.5. The Labute approximate surface area is 192 Å². The Morgan fingerprint density at radius 1 is 1.12 bits per heavy atom. The summed E-state index contributed by atoms with van der Waals surface area (Å²) >= 11 is 0. The molecular formula is C24H23FN4O3S. The first-order valence-electron chi connectivity index (χ1n) is 10.2.